The molecule has 7 heavy (non-hydrogen) atoms. The van der Waals surface area contributed by atoms with E-state index in [0.29, 0.717) is 0 Å². The van der Waals surface area contributed by atoms with Gasteiger partial charge >= 0.3 is 21.7 Å². The van der Waals surface area contributed by atoms with Gasteiger partial charge in [-0.25, -0.2) is 0 Å². The van der Waals surface area contributed by atoms with E-state index < -0.39 is 0 Å². The van der Waals surface area contributed by atoms with Crippen LogP contribution in [0.25, 0.3) is 11.8 Å². The van der Waals surface area contributed by atoms with E-state index >= 15 is 0 Å². The summed E-state index contributed by atoms with van der Waals surface area (Å²) in [6.45, 7) is 0. The van der Waals surface area contributed by atoms with Crippen molar-refractivity contribution >= 4 is 16.1 Å². The molecule has 0 aromatic heterocycles. The number of rotatable bonds is 0. The maximum absolute atomic E-state index is 7.07. The van der Waals surface area contributed by atoms with E-state index in [1.54, 1.807) is 0 Å². The van der Waals surface area contributed by atoms with Crippen LogP contribution in [0, 0.1) is 0 Å². The molecular formula is H4B2N2O2Ti. The van der Waals surface area contributed by atoms with Crippen molar-refractivity contribution < 1.29 is 31.2 Å². The molecule has 4 nitrogen and oxygen atoms in total. The Morgan fingerprint density at radius 3 is 1.00 bits per heavy atom. The second-order valence-corrected chi connectivity index (χ2v) is 0.365. The summed E-state index contributed by atoms with van der Waals surface area (Å²) in [5.74, 6) is 14.1. The Balaban J connectivity index is -0.0000000400. The van der Waals surface area contributed by atoms with Gasteiger partial charge in [0.25, 0.3) is 0 Å². The smallest absolute Gasteiger partial charge is 1.44 e. The number of nitrogens with zero attached hydrogens (tertiary/aromatic N) is 2. The van der Waals surface area contributed by atoms with Gasteiger partial charge in [-0.3, -0.25) is 0 Å². The molecule has 0 bridgehead atoms. The molecule has 0 spiro atoms. The van der Waals surface area contributed by atoms with Crippen molar-refractivity contribution in [1.82, 2.24) is 0 Å². The van der Waals surface area contributed by atoms with Gasteiger partial charge in [-0.05, 0) is 0 Å². The van der Waals surface area contributed by atoms with Gasteiger partial charge in [-0.15, -0.1) is 0 Å². The number of hydrogen-bond acceptors (Lipinski definition) is 2. The van der Waals surface area contributed by atoms with Gasteiger partial charge in [-0.1, -0.05) is 0 Å². The molecule has 0 saturated heterocycles. The Bertz CT molecular complexity index is 15.7. The molecule has 0 rings (SSSR count). The van der Waals surface area contributed by atoms with Crippen LogP contribution in [-0.2, 0) is 31.2 Å². The predicted molar refractivity (Wildman–Crippen MR) is 26.0 cm³/mol. The molecule has 0 heterocycles. The van der Waals surface area contributed by atoms with Crippen LogP contribution < -0.4 is 0 Å². The van der Waals surface area contributed by atoms with Crippen molar-refractivity contribution in [3.8, 4) is 0 Å². The van der Waals surface area contributed by atoms with Crippen molar-refractivity contribution in [2.24, 2.45) is 0 Å². The molecule has 0 radical (unpaired) electrons. The zero-order valence-electron chi connectivity index (χ0n) is 4.21. The summed E-state index contributed by atoms with van der Waals surface area (Å²) >= 11 is 0. The van der Waals surface area contributed by atoms with Gasteiger partial charge in [0.1, 0.15) is 0 Å². The molecule has 0 fully saturated rings. The van der Waals surface area contributed by atoms with Crippen molar-refractivity contribution in [2.75, 3.05) is 0 Å². The summed E-state index contributed by atoms with van der Waals surface area (Å²) in [6, 6.07) is 0. The molecule has 0 aliphatic heterocycles. The molecule has 0 aliphatic carbocycles. The van der Waals surface area contributed by atoms with Crippen molar-refractivity contribution in [3.63, 3.8) is 0 Å². The number of hydrogen-bond donors (Lipinski definition) is 0. The average molecular weight is 134 g/mol. The van der Waals surface area contributed by atoms with Gasteiger partial charge in [0.2, 0.25) is 16.1 Å². The van der Waals surface area contributed by atoms with Crippen LogP contribution in [0.1, 0.15) is 0 Å². The monoisotopic (exact) mass is 134 g/mol. The maximum Gasteiger partial charge on any atom is 4.00 e. The first-order valence-electron chi connectivity index (χ1n) is 1.18. The van der Waals surface area contributed by atoms with Crippen LogP contribution in [0.15, 0.2) is 0 Å². The molecule has 0 aliphatic rings. The van der Waals surface area contributed by atoms with Crippen molar-refractivity contribution in [2.45, 2.75) is 0 Å². The topological polar surface area (TPSA) is 63.1 Å². The molecule has 0 aromatic carbocycles. The molecule has 0 unspecified atom stereocenters. The minimum Gasteiger partial charge on any atom is -1.44 e. The molecule has 0 atom stereocenters. The van der Waals surface area contributed by atoms with Gasteiger partial charge < -0.3 is 21.3 Å². The van der Waals surface area contributed by atoms with Crippen LogP contribution in [0.3, 0.4) is 0 Å². The molecule has 36 valence electrons. The van der Waals surface area contributed by atoms with Gasteiger partial charge in [0.15, 0.2) is 0 Å². The molecule has 0 saturated carbocycles. The van der Waals surface area contributed by atoms with Gasteiger partial charge in [-0.2, -0.15) is 0 Å². The van der Waals surface area contributed by atoms with Gasteiger partial charge in [0.05, 0.1) is 0 Å². The van der Waals surface area contributed by atoms with E-state index in [-0.39, 0.29) is 21.7 Å². The molecular weight excluding hydrogens is 130 g/mol. The standard InChI is InChI=1S/2BH2NO.Ti/c2*1-3-2;/h2*1H2;/q2*-2;+4. The Morgan fingerprint density at radius 1 is 1.00 bits per heavy atom. The van der Waals surface area contributed by atoms with E-state index in [1.165, 1.54) is 16.1 Å². The Kier molecular flexibility index (Phi) is 67.0. The van der Waals surface area contributed by atoms with E-state index in [4.69, 9.17) is 11.8 Å². The van der Waals surface area contributed by atoms with Gasteiger partial charge in [0, 0.05) is 0 Å². The quantitative estimate of drug-likeness (QED) is 0.302. The van der Waals surface area contributed by atoms with Crippen LogP contribution >= 0.6 is 0 Å². The van der Waals surface area contributed by atoms with E-state index in [9.17, 15) is 0 Å². The van der Waals surface area contributed by atoms with Crippen molar-refractivity contribution in [3.05, 3.63) is 11.8 Å². The fourth-order valence-corrected chi connectivity index (χ4v) is 0. The Hall–Kier alpha value is 0.684. The second kappa shape index (κ2) is 30.0. The summed E-state index contributed by atoms with van der Waals surface area (Å²) in [7, 11) is 2.36. The first kappa shape index (κ1) is 15.6. The van der Waals surface area contributed by atoms with E-state index in [2.05, 4.69) is 9.51 Å². The first-order valence-corrected chi connectivity index (χ1v) is 1.18. The zero-order chi connectivity index (χ0) is 5.41. The minimum absolute atomic E-state index is 0. The summed E-state index contributed by atoms with van der Waals surface area (Å²) in [5.41, 5.74) is 0. The summed E-state index contributed by atoms with van der Waals surface area (Å²) in [6.07, 6.45) is 0. The molecule has 7 heteroatoms. The van der Waals surface area contributed by atoms with Crippen LogP contribution in [0.4, 0.5) is 0 Å². The molecule has 0 N–H and O–H groups in total. The fraction of sp³-hybridized carbons (Fsp3) is 0. The summed E-state index contributed by atoms with van der Waals surface area (Å²) in [4.78, 5) is 0. The van der Waals surface area contributed by atoms with Crippen LogP contribution in [-0.4, -0.2) is 16.1 Å². The maximum atomic E-state index is 7.07. The molecule has 0 aromatic rings. The first-order chi connectivity index (χ1) is 2.83. The van der Waals surface area contributed by atoms with E-state index in [0.717, 1.165) is 0 Å². The van der Waals surface area contributed by atoms with Crippen molar-refractivity contribution in [1.29, 1.82) is 0 Å². The largest absolute Gasteiger partial charge is 4.00 e. The third-order valence-electron chi connectivity index (χ3n) is 0. The summed E-state index contributed by atoms with van der Waals surface area (Å²) < 4.78 is 6.50. The predicted octanol–water partition coefficient (Wildman–Crippen LogP) is -1.39. The van der Waals surface area contributed by atoms with E-state index in [1.807, 2.05) is 0 Å². The summed E-state index contributed by atoms with van der Waals surface area (Å²) in [5, 5.41) is 0. The third kappa shape index (κ3) is 313. The average Bonchev–Trinajstić information content (AvgIpc) is 1.39. The third-order valence-corrected chi connectivity index (χ3v) is 0. The fourth-order valence-electron chi connectivity index (χ4n) is 0. The second-order valence-electron chi connectivity index (χ2n) is 0.365. The Labute approximate surface area is 59.6 Å². The van der Waals surface area contributed by atoms with Crippen LogP contribution in [0.2, 0.25) is 0 Å². The Morgan fingerprint density at radius 2 is 1.00 bits per heavy atom. The molecule has 0 amide bonds. The normalized spacial score (nSPS) is 4.86. The zero-order valence-corrected chi connectivity index (χ0v) is 5.77. The van der Waals surface area contributed by atoms with Crippen LogP contribution in [0.5, 0.6) is 0 Å². The minimum atomic E-state index is 0. The SMILES string of the molecule is BO[N-2].BO[N-2].[Ti+4].